The largest absolute Gasteiger partial charge is 0.371 e. The zero-order valence-corrected chi connectivity index (χ0v) is 8.78. The molecule has 1 fully saturated rings. The molecule has 1 aromatic rings. The summed E-state index contributed by atoms with van der Waals surface area (Å²) < 4.78 is 5.72. The van der Waals surface area contributed by atoms with Crippen molar-refractivity contribution in [3.63, 3.8) is 0 Å². The van der Waals surface area contributed by atoms with Gasteiger partial charge in [0.05, 0.1) is 24.1 Å². The number of ether oxygens (including phenoxy) is 1. The van der Waals surface area contributed by atoms with E-state index in [0.717, 1.165) is 30.9 Å². The zero-order valence-electron chi connectivity index (χ0n) is 8.78. The molecule has 0 bridgehead atoms. The van der Waals surface area contributed by atoms with E-state index in [4.69, 9.17) is 10.5 Å². The van der Waals surface area contributed by atoms with Crippen LogP contribution in [0.2, 0.25) is 0 Å². The lowest BCUT2D eigenvalue weighted by atomic mass is 10.3. The van der Waals surface area contributed by atoms with Crippen molar-refractivity contribution in [2.75, 3.05) is 13.1 Å². The summed E-state index contributed by atoms with van der Waals surface area (Å²) in [4.78, 5) is 4.38. The molecule has 3 N–H and O–H groups in total. The molecule has 0 saturated carbocycles. The van der Waals surface area contributed by atoms with Crippen LogP contribution in [0.5, 0.6) is 0 Å². The minimum absolute atomic E-state index is 0.341. The van der Waals surface area contributed by atoms with E-state index in [1.807, 2.05) is 18.2 Å². The minimum Gasteiger partial charge on any atom is -0.371 e. The van der Waals surface area contributed by atoms with Crippen LogP contribution in [0.1, 0.15) is 17.8 Å². The lowest BCUT2D eigenvalue weighted by Gasteiger charge is -2.10. The topological polar surface area (TPSA) is 60.2 Å². The van der Waals surface area contributed by atoms with E-state index in [9.17, 15) is 0 Å². The van der Waals surface area contributed by atoms with Crippen molar-refractivity contribution < 1.29 is 4.74 Å². The summed E-state index contributed by atoms with van der Waals surface area (Å²) in [6, 6.07) is 5.88. The molecule has 0 radical (unpaired) electrons. The first kappa shape index (κ1) is 10.5. The monoisotopic (exact) mass is 207 g/mol. The van der Waals surface area contributed by atoms with Gasteiger partial charge in [0.1, 0.15) is 0 Å². The average molecular weight is 207 g/mol. The van der Waals surface area contributed by atoms with E-state index in [1.165, 1.54) is 0 Å². The predicted octanol–water partition coefficient (Wildman–Crippen LogP) is 0.419. The molecule has 1 aromatic heterocycles. The van der Waals surface area contributed by atoms with Crippen LogP contribution in [0, 0.1) is 0 Å². The van der Waals surface area contributed by atoms with E-state index >= 15 is 0 Å². The van der Waals surface area contributed by atoms with Crippen LogP contribution < -0.4 is 11.1 Å². The van der Waals surface area contributed by atoms with Crippen LogP contribution in [-0.2, 0) is 17.9 Å². The van der Waals surface area contributed by atoms with E-state index in [2.05, 4.69) is 10.3 Å². The quantitative estimate of drug-likeness (QED) is 0.751. The standard InChI is InChI=1S/C11H17N3O/c12-6-9-2-1-3-10(14-9)8-15-11-4-5-13-7-11/h1-3,11,13H,4-8,12H2. The summed E-state index contributed by atoms with van der Waals surface area (Å²) in [5.41, 5.74) is 7.40. The van der Waals surface area contributed by atoms with Crippen LogP contribution in [-0.4, -0.2) is 24.2 Å². The summed E-state index contributed by atoms with van der Waals surface area (Å²) in [7, 11) is 0. The highest BCUT2D eigenvalue weighted by Gasteiger charge is 2.14. The predicted molar refractivity (Wildman–Crippen MR) is 58.2 cm³/mol. The van der Waals surface area contributed by atoms with Gasteiger partial charge < -0.3 is 15.8 Å². The number of rotatable bonds is 4. The zero-order chi connectivity index (χ0) is 10.5. The SMILES string of the molecule is NCc1cccc(COC2CCNC2)n1. The molecule has 0 aromatic carbocycles. The molecule has 82 valence electrons. The number of hydrogen-bond acceptors (Lipinski definition) is 4. The Morgan fingerprint density at radius 2 is 2.33 bits per heavy atom. The second kappa shape index (κ2) is 5.21. The number of nitrogens with one attached hydrogen (secondary N) is 1. The minimum atomic E-state index is 0.341. The van der Waals surface area contributed by atoms with Gasteiger partial charge in [-0.05, 0) is 25.1 Å². The van der Waals surface area contributed by atoms with Crippen molar-refractivity contribution in [1.82, 2.24) is 10.3 Å². The number of hydrogen-bond donors (Lipinski definition) is 2. The molecule has 1 atom stereocenters. The maximum Gasteiger partial charge on any atom is 0.0892 e. The third-order valence-electron chi connectivity index (χ3n) is 2.56. The molecule has 15 heavy (non-hydrogen) atoms. The van der Waals surface area contributed by atoms with Gasteiger partial charge in [-0.1, -0.05) is 6.07 Å². The molecule has 2 heterocycles. The Labute approximate surface area is 89.8 Å². The van der Waals surface area contributed by atoms with Gasteiger partial charge in [-0.3, -0.25) is 4.98 Å². The molecule has 1 saturated heterocycles. The fraction of sp³-hybridized carbons (Fsp3) is 0.545. The molecule has 1 unspecified atom stereocenters. The van der Waals surface area contributed by atoms with Crippen LogP contribution in [0.25, 0.3) is 0 Å². The lowest BCUT2D eigenvalue weighted by molar-refractivity contribution is 0.0521. The third-order valence-corrected chi connectivity index (χ3v) is 2.56. The van der Waals surface area contributed by atoms with Gasteiger partial charge >= 0.3 is 0 Å². The number of aromatic nitrogens is 1. The van der Waals surface area contributed by atoms with Crippen LogP contribution in [0.15, 0.2) is 18.2 Å². The highest BCUT2D eigenvalue weighted by atomic mass is 16.5. The molecule has 2 rings (SSSR count). The number of nitrogens with zero attached hydrogens (tertiary/aromatic N) is 1. The van der Waals surface area contributed by atoms with E-state index < -0.39 is 0 Å². The fourth-order valence-electron chi connectivity index (χ4n) is 1.70. The molecular formula is C11H17N3O. The molecule has 1 aliphatic rings. The van der Waals surface area contributed by atoms with Crippen molar-refractivity contribution in [1.29, 1.82) is 0 Å². The van der Waals surface area contributed by atoms with Gasteiger partial charge in [-0.15, -0.1) is 0 Å². The van der Waals surface area contributed by atoms with Crippen molar-refractivity contribution in [3.8, 4) is 0 Å². The average Bonchev–Trinajstić information content (AvgIpc) is 2.79. The van der Waals surface area contributed by atoms with Gasteiger partial charge in [-0.25, -0.2) is 0 Å². The van der Waals surface area contributed by atoms with E-state index in [0.29, 0.717) is 19.3 Å². The molecule has 0 spiro atoms. The molecule has 0 aliphatic carbocycles. The highest BCUT2D eigenvalue weighted by molar-refractivity contribution is 5.10. The Morgan fingerprint density at radius 3 is 3.07 bits per heavy atom. The molecule has 4 heteroatoms. The number of pyridine rings is 1. The summed E-state index contributed by atoms with van der Waals surface area (Å²) in [6.07, 6.45) is 1.43. The van der Waals surface area contributed by atoms with Gasteiger partial charge in [0, 0.05) is 13.1 Å². The van der Waals surface area contributed by atoms with Crippen molar-refractivity contribution >= 4 is 0 Å². The Bertz CT molecular complexity index is 310. The van der Waals surface area contributed by atoms with Crippen LogP contribution in [0.3, 0.4) is 0 Å². The maximum absolute atomic E-state index is 5.72. The Hall–Kier alpha value is -0.970. The summed E-state index contributed by atoms with van der Waals surface area (Å²) >= 11 is 0. The first-order valence-electron chi connectivity index (χ1n) is 5.35. The fourth-order valence-corrected chi connectivity index (χ4v) is 1.70. The van der Waals surface area contributed by atoms with E-state index in [1.54, 1.807) is 0 Å². The molecule has 4 nitrogen and oxygen atoms in total. The molecule has 1 aliphatic heterocycles. The Kier molecular flexibility index (Phi) is 3.66. The first-order chi connectivity index (χ1) is 7.38. The van der Waals surface area contributed by atoms with Crippen LogP contribution >= 0.6 is 0 Å². The number of nitrogens with two attached hydrogens (primary N) is 1. The maximum atomic E-state index is 5.72. The van der Waals surface area contributed by atoms with Gasteiger partial charge in [-0.2, -0.15) is 0 Å². The Balaban J connectivity index is 1.86. The summed E-state index contributed by atoms with van der Waals surface area (Å²) in [5, 5.41) is 3.27. The summed E-state index contributed by atoms with van der Waals surface area (Å²) in [6.45, 7) is 3.08. The van der Waals surface area contributed by atoms with Crippen molar-refractivity contribution in [3.05, 3.63) is 29.6 Å². The lowest BCUT2D eigenvalue weighted by Crippen LogP contribution is -2.17. The first-order valence-corrected chi connectivity index (χ1v) is 5.35. The third kappa shape index (κ3) is 2.99. The second-order valence-corrected chi connectivity index (χ2v) is 3.75. The Morgan fingerprint density at radius 1 is 1.47 bits per heavy atom. The molecule has 0 amide bonds. The van der Waals surface area contributed by atoms with Gasteiger partial charge in [0.15, 0.2) is 0 Å². The second-order valence-electron chi connectivity index (χ2n) is 3.75. The van der Waals surface area contributed by atoms with Gasteiger partial charge in [0.25, 0.3) is 0 Å². The van der Waals surface area contributed by atoms with Crippen molar-refractivity contribution in [2.24, 2.45) is 5.73 Å². The summed E-state index contributed by atoms with van der Waals surface area (Å²) in [5.74, 6) is 0. The van der Waals surface area contributed by atoms with E-state index in [-0.39, 0.29) is 0 Å². The van der Waals surface area contributed by atoms with Gasteiger partial charge in [0.2, 0.25) is 0 Å². The molecular weight excluding hydrogens is 190 g/mol. The highest BCUT2D eigenvalue weighted by Crippen LogP contribution is 2.07. The van der Waals surface area contributed by atoms with Crippen LogP contribution in [0.4, 0.5) is 0 Å². The van der Waals surface area contributed by atoms with Crippen molar-refractivity contribution in [2.45, 2.75) is 25.7 Å². The normalized spacial score (nSPS) is 20.7. The smallest absolute Gasteiger partial charge is 0.0892 e.